The lowest BCUT2D eigenvalue weighted by Gasteiger charge is -2.04. The van der Waals surface area contributed by atoms with E-state index in [1.807, 2.05) is 0 Å². The Hall–Kier alpha value is -1.97. The summed E-state index contributed by atoms with van der Waals surface area (Å²) in [6.45, 7) is 1.62. The van der Waals surface area contributed by atoms with Gasteiger partial charge in [-0.05, 0) is 30.7 Å². The normalized spacial score (nSPS) is 12.9. The van der Waals surface area contributed by atoms with Crippen LogP contribution in [0.15, 0.2) is 24.4 Å². The zero-order valence-corrected chi connectivity index (χ0v) is 8.19. The van der Waals surface area contributed by atoms with Crippen LogP contribution in [-0.4, -0.2) is 21.2 Å². The third-order valence-electron chi connectivity index (χ3n) is 2.53. The van der Waals surface area contributed by atoms with E-state index in [1.165, 1.54) is 0 Å². The molecule has 0 amide bonds. The minimum Gasteiger partial charge on any atom is -0.508 e. The monoisotopic (exact) mass is 205 g/mol. The predicted octanol–water partition coefficient (Wildman–Crippen LogP) is 2.06. The van der Waals surface area contributed by atoms with Gasteiger partial charge in [0.05, 0.1) is 5.92 Å². The molecular formula is C11H11NO3. The third kappa shape index (κ3) is 1.54. The summed E-state index contributed by atoms with van der Waals surface area (Å²) in [5, 5.41) is 19.0. The highest BCUT2D eigenvalue weighted by atomic mass is 16.4. The second-order valence-electron chi connectivity index (χ2n) is 3.53. The van der Waals surface area contributed by atoms with E-state index in [0.29, 0.717) is 5.56 Å². The van der Waals surface area contributed by atoms with Crippen LogP contribution in [0.1, 0.15) is 18.4 Å². The van der Waals surface area contributed by atoms with Gasteiger partial charge in [0.1, 0.15) is 5.75 Å². The number of carbonyl (C=O) groups is 1. The van der Waals surface area contributed by atoms with Crippen LogP contribution in [-0.2, 0) is 4.79 Å². The average molecular weight is 205 g/mol. The number of aromatic hydroxyl groups is 1. The molecule has 0 fully saturated rings. The van der Waals surface area contributed by atoms with Crippen molar-refractivity contribution in [3.05, 3.63) is 30.0 Å². The molecule has 0 spiro atoms. The number of carboxylic acids is 1. The fourth-order valence-electron chi connectivity index (χ4n) is 1.62. The first-order valence-electron chi connectivity index (χ1n) is 4.62. The largest absolute Gasteiger partial charge is 0.508 e. The average Bonchev–Trinajstić information content (AvgIpc) is 2.59. The molecule has 1 atom stereocenters. The summed E-state index contributed by atoms with van der Waals surface area (Å²) in [6, 6.07) is 4.86. The number of nitrogens with one attached hydrogen (secondary N) is 1. The van der Waals surface area contributed by atoms with E-state index in [1.54, 1.807) is 31.3 Å². The molecule has 1 aromatic carbocycles. The molecule has 78 valence electrons. The van der Waals surface area contributed by atoms with Crippen LogP contribution in [0.25, 0.3) is 10.9 Å². The number of hydrogen-bond acceptors (Lipinski definition) is 2. The molecule has 1 aromatic heterocycles. The third-order valence-corrected chi connectivity index (χ3v) is 2.53. The summed E-state index contributed by atoms with van der Waals surface area (Å²) in [6.07, 6.45) is 1.67. The number of aliphatic carboxylic acids is 1. The standard InChI is InChI=1S/C11H11NO3/c1-6(11(14)15)9-5-12-10-3-2-7(13)4-8(9)10/h2-6,12-13H,1H3,(H,14,15). The zero-order chi connectivity index (χ0) is 11.0. The molecule has 0 aliphatic carbocycles. The van der Waals surface area contributed by atoms with Crippen molar-refractivity contribution < 1.29 is 15.0 Å². The molecule has 15 heavy (non-hydrogen) atoms. The first kappa shape index (κ1) is 9.58. The number of phenols is 1. The van der Waals surface area contributed by atoms with E-state index >= 15 is 0 Å². The summed E-state index contributed by atoms with van der Waals surface area (Å²) < 4.78 is 0. The van der Waals surface area contributed by atoms with E-state index in [9.17, 15) is 9.90 Å². The lowest BCUT2D eigenvalue weighted by molar-refractivity contribution is -0.138. The topological polar surface area (TPSA) is 73.3 Å². The van der Waals surface area contributed by atoms with Crippen molar-refractivity contribution in [3.63, 3.8) is 0 Å². The number of aromatic amines is 1. The van der Waals surface area contributed by atoms with Crippen molar-refractivity contribution in [3.8, 4) is 5.75 Å². The predicted molar refractivity (Wildman–Crippen MR) is 56.0 cm³/mol. The van der Waals surface area contributed by atoms with Gasteiger partial charge >= 0.3 is 5.97 Å². The van der Waals surface area contributed by atoms with Crippen LogP contribution in [0.3, 0.4) is 0 Å². The maximum absolute atomic E-state index is 10.8. The smallest absolute Gasteiger partial charge is 0.310 e. The quantitative estimate of drug-likeness (QED) is 0.702. The van der Waals surface area contributed by atoms with Gasteiger partial charge < -0.3 is 15.2 Å². The van der Waals surface area contributed by atoms with E-state index in [0.717, 1.165) is 10.9 Å². The number of carboxylic acid groups (broad SMARTS) is 1. The molecule has 0 saturated carbocycles. The van der Waals surface area contributed by atoms with Gasteiger partial charge in [0, 0.05) is 17.1 Å². The molecule has 2 aromatic rings. The Labute approximate surface area is 86.2 Å². The van der Waals surface area contributed by atoms with Gasteiger partial charge in [-0.3, -0.25) is 4.79 Å². The van der Waals surface area contributed by atoms with E-state index in [-0.39, 0.29) is 5.75 Å². The van der Waals surface area contributed by atoms with E-state index in [4.69, 9.17) is 5.11 Å². The summed E-state index contributed by atoms with van der Waals surface area (Å²) in [5.74, 6) is -1.32. The van der Waals surface area contributed by atoms with Gasteiger partial charge in [-0.15, -0.1) is 0 Å². The highest BCUT2D eigenvalue weighted by molar-refractivity contribution is 5.89. The van der Waals surface area contributed by atoms with Crippen molar-refractivity contribution >= 4 is 16.9 Å². The maximum atomic E-state index is 10.8. The van der Waals surface area contributed by atoms with E-state index < -0.39 is 11.9 Å². The van der Waals surface area contributed by atoms with Crippen molar-refractivity contribution in [2.75, 3.05) is 0 Å². The Bertz CT molecular complexity index is 516. The van der Waals surface area contributed by atoms with Gasteiger partial charge in [-0.2, -0.15) is 0 Å². The van der Waals surface area contributed by atoms with Crippen LogP contribution >= 0.6 is 0 Å². The van der Waals surface area contributed by atoms with Gasteiger partial charge in [0.15, 0.2) is 0 Å². The highest BCUT2D eigenvalue weighted by Crippen LogP contribution is 2.28. The van der Waals surface area contributed by atoms with Crippen LogP contribution < -0.4 is 0 Å². The minimum atomic E-state index is -0.876. The fourth-order valence-corrected chi connectivity index (χ4v) is 1.62. The number of rotatable bonds is 2. The molecule has 0 aliphatic heterocycles. The molecule has 0 bridgehead atoms. The summed E-state index contributed by atoms with van der Waals surface area (Å²) in [5.41, 5.74) is 1.52. The maximum Gasteiger partial charge on any atom is 0.310 e. The van der Waals surface area contributed by atoms with Gasteiger partial charge in [0.25, 0.3) is 0 Å². The Morgan fingerprint density at radius 2 is 2.20 bits per heavy atom. The Kier molecular flexibility index (Phi) is 2.11. The van der Waals surface area contributed by atoms with Crippen molar-refractivity contribution in [1.82, 2.24) is 4.98 Å². The van der Waals surface area contributed by atoms with Crippen LogP contribution in [0, 0.1) is 0 Å². The van der Waals surface area contributed by atoms with Crippen molar-refractivity contribution in [1.29, 1.82) is 0 Å². The van der Waals surface area contributed by atoms with Crippen LogP contribution in [0.5, 0.6) is 5.75 Å². The lowest BCUT2D eigenvalue weighted by atomic mass is 10.0. The summed E-state index contributed by atoms with van der Waals surface area (Å²) in [7, 11) is 0. The van der Waals surface area contributed by atoms with Crippen molar-refractivity contribution in [2.45, 2.75) is 12.8 Å². The molecule has 1 heterocycles. The first-order valence-corrected chi connectivity index (χ1v) is 4.62. The molecule has 4 nitrogen and oxygen atoms in total. The summed E-state index contributed by atoms with van der Waals surface area (Å²) in [4.78, 5) is 13.8. The summed E-state index contributed by atoms with van der Waals surface area (Å²) >= 11 is 0. The number of benzene rings is 1. The molecule has 2 rings (SSSR count). The zero-order valence-electron chi connectivity index (χ0n) is 8.19. The Morgan fingerprint density at radius 1 is 1.47 bits per heavy atom. The second kappa shape index (κ2) is 3.31. The number of H-pyrrole nitrogens is 1. The first-order chi connectivity index (χ1) is 7.09. The van der Waals surface area contributed by atoms with Crippen LogP contribution in [0.4, 0.5) is 0 Å². The lowest BCUT2D eigenvalue weighted by Crippen LogP contribution is -2.06. The second-order valence-corrected chi connectivity index (χ2v) is 3.53. The Balaban J connectivity index is 2.61. The molecule has 1 unspecified atom stereocenters. The molecule has 0 aliphatic rings. The molecule has 4 heteroatoms. The minimum absolute atomic E-state index is 0.140. The van der Waals surface area contributed by atoms with Gasteiger partial charge in [-0.25, -0.2) is 0 Å². The molecule has 0 saturated heterocycles. The highest BCUT2D eigenvalue weighted by Gasteiger charge is 2.17. The fraction of sp³-hybridized carbons (Fsp3) is 0.182. The molecular weight excluding hydrogens is 194 g/mol. The van der Waals surface area contributed by atoms with Crippen LogP contribution in [0.2, 0.25) is 0 Å². The number of aromatic nitrogens is 1. The number of phenolic OH excluding ortho intramolecular Hbond substituents is 1. The number of fused-ring (bicyclic) bond motifs is 1. The van der Waals surface area contributed by atoms with Crippen molar-refractivity contribution in [2.24, 2.45) is 0 Å². The van der Waals surface area contributed by atoms with E-state index in [2.05, 4.69) is 4.98 Å². The van der Waals surface area contributed by atoms with Gasteiger partial charge in [0.2, 0.25) is 0 Å². The molecule has 0 radical (unpaired) electrons. The Morgan fingerprint density at radius 3 is 2.87 bits per heavy atom. The van der Waals surface area contributed by atoms with Gasteiger partial charge in [-0.1, -0.05) is 0 Å². The SMILES string of the molecule is CC(C(=O)O)c1c[nH]c2ccc(O)cc12. The number of hydrogen-bond donors (Lipinski definition) is 3. The molecule has 3 N–H and O–H groups in total.